The number of hydrogen-bond donors (Lipinski definition) is 4. The normalized spacial score (nSPS) is 21.4. The van der Waals surface area contributed by atoms with Crippen molar-refractivity contribution >= 4 is 55.1 Å². The van der Waals surface area contributed by atoms with Crippen molar-refractivity contribution in [3.05, 3.63) is 47.5 Å². The van der Waals surface area contributed by atoms with E-state index in [1.807, 2.05) is 31.1 Å². The maximum absolute atomic E-state index is 11.4. The molecular formula is C29H41BCl2N4O5. The molecule has 4 N–H and O–H groups in total. The van der Waals surface area contributed by atoms with Gasteiger partial charge in [0.1, 0.15) is 11.5 Å². The molecule has 2 fully saturated rings. The topological polar surface area (TPSA) is 112 Å². The first-order valence-corrected chi connectivity index (χ1v) is 14.2. The van der Waals surface area contributed by atoms with Gasteiger partial charge in [-0.1, -0.05) is 12.1 Å². The van der Waals surface area contributed by atoms with E-state index >= 15 is 0 Å². The number of benzene rings is 2. The van der Waals surface area contributed by atoms with Gasteiger partial charge in [-0.25, -0.2) is 0 Å². The number of fused-ring (bicyclic) bond motifs is 2. The molecule has 0 aliphatic carbocycles. The Morgan fingerprint density at radius 2 is 1.44 bits per heavy atom. The lowest BCUT2D eigenvalue weighted by Crippen LogP contribution is -2.44. The van der Waals surface area contributed by atoms with Gasteiger partial charge in [-0.2, -0.15) is 0 Å². The molecule has 2 aromatic rings. The minimum Gasteiger partial charge on any atom is -0.482 e. The SMILES string of the molecule is CB(O)N1CCCC(Cc2ccc3c(c2)NC(=O)CO3)C1.Cl.Cl.O=C1COc2ccc(CC3CCCNC3)cc2N1. The number of carbonyl (C=O) groups excluding carboxylic acids is 2. The van der Waals surface area contributed by atoms with Crippen molar-refractivity contribution in [2.45, 2.75) is 45.3 Å². The van der Waals surface area contributed by atoms with Crippen molar-refractivity contribution < 1.29 is 24.1 Å². The van der Waals surface area contributed by atoms with E-state index in [-0.39, 0.29) is 56.9 Å². The molecule has 4 aliphatic rings. The number of nitrogens with zero attached hydrogens (tertiary/aromatic N) is 1. The van der Waals surface area contributed by atoms with Gasteiger partial charge in [0.15, 0.2) is 13.2 Å². The fourth-order valence-corrected chi connectivity index (χ4v) is 5.88. The Kier molecular flexibility index (Phi) is 12.6. The van der Waals surface area contributed by atoms with Crippen LogP contribution in [0.15, 0.2) is 36.4 Å². The number of nitrogens with one attached hydrogen (secondary N) is 3. The van der Waals surface area contributed by atoms with Gasteiger partial charge >= 0.3 is 7.05 Å². The molecule has 2 unspecified atom stereocenters. The van der Waals surface area contributed by atoms with E-state index in [1.165, 1.54) is 30.4 Å². The van der Waals surface area contributed by atoms with Crippen molar-refractivity contribution in [2.75, 3.05) is 50.0 Å². The van der Waals surface area contributed by atoms with Crippen LogP contribution in [0.25, 0.3) is 0 Å². The quantitative estimate of drug-likeness (QED) is 0.383. The van der Waals surface area contributed by atoms with E-state index in [1.54, 1.807) is 0 Å². The first-order valence-electron chi connectivity index (χ1n) is 14.2. The Morgan fingerprint density at radius 1 is 0.878 bits per heavy atom. The Bertz CT molecular complexity index is 1180. The Balaban J connectivity index is 0.000000217. The Morgan fingerprint density at radius 3 is 1.98 bits per heavy atom. The molecule has 41 heavy (non-hydrogen) atoms. The minimum atomic E-state index is -0.371. The third kappa shape index (κ3) is 9.25. The van der Waals surface area contributed by atoms with Gasteiger partial charge in [-0.05, 0) is 119 Å². The van der Waals surface area contributed by atoms with E-state index in [9.17, 15) is 14.6 Å². The summed E-state index contributed by atoms with van der Waals surface area (Å²) in [5.74, 6) is 2.60. The number of halogens is 2. The van der Waals surface area contributed by atoms with Crippen molar-refractivity contribution in [1.82, 2.24) is 10.1 Å². The maximum atomic E-state index is 11.4. The monoisotopic (exact) mass is 606 g/mol. The van der Waals surface area contributed by atoms with Crippen LogP contribution < -0.4 is 25.4 Å². The molecule has 0 radical (unpaired) electrons. The van der Waals surface area contributed by atoms with Gasteiger partial charge in [0.25, 0.3) is 11.8 Å². The van der Waals surface area contributed by atoms with E-state index in [4.69, 9.17) is 9.47 Å². The van der Waals surface area contributed by atoms with Gasteiger partial charge in [-0.15, -0.1) is 24.8 Å². The highest BCUT2D eigenvalue weighted by atomic mass is 35.5. The molecule has 4 heterocycles. The van der Waals surface area contributed by atoms with E-state index < -0.39 is 0 Å². The second kappa shape index (κ2) is 15.7. The second-order valence-electron chi connectivity index (χ2n) is 11.1. The average Bonchev–Trinajstić information content (AvgIpc) is 2.94. The van der Waals surface area contributed by atoms with Gasteiger partial charge in [0.05, 0.1) is 11.4 Å². The summed E-state index contributed by atoms with van der Waals surface area (Å²) < 4.78 is 10.7. The third-order valence-electron chi connectivity index (χ3n) is 7.88. The highest BCUT2D eigenvalue weighted by Gasteiger charge is 2.25. The third-order valence-corrected chi connectivity index (χ3v) is 7.88. The van der Waals surface area contributed by atoms with Crippen LogP contribution in [0.3, 0.4) is 0 Å². The molecular weight excluding hydrogens is 566 g/mol. The zero-order valence-electron chi connectivity index (χ0n) is 23.5. The maximum Gasteiger partial charge on any atom is 0.376 e. The van der Waals surface area contributed by atoms with Crippen LogP contribution in [-0.4, -0.2) is 68.1 Å². The highest BCUT2D eigenvalue weighted by Crippen LogP contribution is 2.31. The fraction of sp³-hybridized carbons (Fsp3) is 0.517. The number of carbonyl (C=O) groups is 2. The lowest BCUT2D eigenvalue weighted by molar-refractivity contribution is -0.119. The summed E-state index contributed by atoms with van der Waals surface area (Å²) in [5.41, 5.74) is 4.06. The molecule has 2 aromatic carbocycles. The predicted molar refractivity (Wildman–Crippen MR) is 167 cm³/mol. The molecule has 12 heteroatoms. The van der Waals surface area contributed by atoms with Crippen molar-refractivity contribution in [3.8, 4) is 11.5 Å². The molecule has 0 bridgehead atoms. The average molecular weight is 607 g/mol. The lowest BCUT2D eigenvalue weighted by Gasteiger charge is -2.33. The van der Waals surface area contributed by atoms with Crippen LogP contribution >= 0.6 is 24.8 Å². The molecule has 9 nitrogen and oxygen atoms in total. The molecule has 0 aromatic heterocycles. The number of anilines is 2. The lowest BCUT2D eigenvalue weighted by atomic mass is 9.79. The number of piperidine rings is 2. The number of ether oxygens (including phenoxy) is 2. The van der Waals surface area contributed by atoms with Crippen LogP contribution in [0.4, 0.5) is 11.4 Å². The predicted octanol–water partition coefficient (Wildman–Crippen LogP) is 3.79. The molecule has 2 amide bonds. The zero-order chi connectivity index (χ0) is 27.2. The number of rotatable bonds is 5. The van der Waals surface area contributed by atoms with Crippen LogP contribution in [0.5, 0.6) is 11.5 Å². The van der Waals surface area contributed by atoms with Gasteiger partial charge in [0.2, 0.25) is 0 Å². The molecule has 0 saturated carbocycles. The van der Waals surface area contributed by atoms with E-state index in [2.05, 4.69) is 32.9 Å². The fourth-order valence-electron chi connectivity index (χ4n) is 5.88. The van der Waals surface area contributed by atoms with Crippen LogP contribution in [0.1, 0.15) is 36.8 Å². The van der Waals surface area contributed by atoms with Crippen molar-refractivity contribution in [2.24, 2.45) is 11.8 Å². The standard InChI is InChI=1S/C15H21BN2O3.C14H18N2O2.2ClH/c1-16(20)18-6-2-3-12(9-18)7-11-4-5-14-13(8-11)17-15(19)10-21-14;17-14-9-18-13-4-3-10(7-12(13)16-14)6-11-2-1-5-15-8-11;;/h4-5,8,12,20H,2-3,6-7,9-10H2,1H3,(H,17,19);3-4,7,11,15H,1-2,5-6,8-9H2,(H,16,17);2*1H. The van der Waals surface area contributed by atoms with Crippen LogP contribution in [-0.2, 0) is 22.4 Å². The Labute approximate surface area is 255 Å². The second-order valence-corrected chi connectivity index (χ2v) is 11.1. The summed E-state index contributed by atoms with van der Waals surface area (Å²) in [6.07, 6.45) is 6.88. The van der Waals surface area contributed by atoms with Crippen molar-refractivity contribution in [1.29, 1.82) is 0 Å². The smallest absolute Gasteiger partial charge is 0.376 e. The first kappa shape index (κ1) is 33.0. The summed E-state index contributed by atoms with van der Waals surface area (Å²) >= 11 is 0. The molecule has 0 spiro atoms. The van der Waals surface area contributed by atoms with Gasteiger partial charge in [-0.3, -0.25) is 9.59 Å². The van der Waals surface area contributed by atoms with E-state index in [0.717, 1.165) is 68.3 Å². The molecule has 224 valence electrons. The zero-order valence-corrected chi connectivity index (χ0v) is 25.2. The van der Waals surface area contributed by atoms with Crippen LogP contribution in [0.2, 0.25) is 6.82 Å². The largest absolute Gasteiger partial charge is 0.482 e. The summed E-state index contributed by atoms with van der Waals surface area (Å²) in [7, 11) is -0.371. The summed E-state index contributed by atoms with van der Waals surface area (Å²) in [6.45, 7) is 6.19. The summed E-state index contributed by atoms with van der Waals surface area (Å²) in [5, 5.41) is 18.8. The van der Waals surface area contributed by atoms with Crippen LogP contribution in [0, 0.1) is 11.8 Å². The van der Waals surface area contributed by atoms with Gasteiger partial charge in [0, 0.05) is 0 Å². The highest BCUT2D eigenvalue weighted by molar-refractivity contribution is 6.45. The molecule has 6 rings (SSSR count). The summed E-state index contributed by atoms with van der Waals surface area (Å²) in [4.78, 5) is 24.8. The van der Waals surface area contributed by atoms with E-state index in [0.29, 0.717) is 11.8 Å². The summed E-state index contributed by atoms with van der Waals surface area (Å²) in [6, 6.07) is 12.1. The number of amides is 2. The molecule has 2 saturated heterocycles. The molecule has 2 atom stereocenters. The Hall–Kier alpha value is -2.50. The first-order chi connectivity index (χ1) is 18.9. The number of hydrogen-bond acceptors (Lipinski definition) is 7. The van der Waals surface area contributed by atoms with Gasteiger partial charge < -0.3 is 35.3 Å². The minimum absolute atomic E-state index is 0. The molecule has 4 aliphatic heterocycles. The van der Waals surface area contributed by atoms with Crippen molar-refractivity contribution in [3.63, 3.8) is 0 Å².